The number of esters is 2. The summed E-state index contributed by atoms with van der Waals surface area (Å²) in [6.07, 6.45) is 4.11. The Hall–Kier alpha value is -4.52. The Morgan fingerprint density at radius 1 is 0.697 bits per heavy atom. The van der Waals surface area contributed by atoms with Gasteiger partial charge in [-0.15, -0.1) is 0 Å². The van der Waals surface area contributed by atoms with E-state index in [2.05, 4.69) is 17.9 Å². The van der Waals surface area contributed by atoms with Crippen molar-refractivity contribution >= 4 is 11.9 Å². The molecular weight excluding hydrogens is 430 g/mol. The minimum atomic E-state index is -0.658. The van der Waals surface area contributed by atoms with Crippen molar-refractivity contribution < 1.29 is 32.6 Å². The van der Waals surface area contributed by atoms with Crippen LogP contribution in [0.25, 0.3) is 22.3 Å². The third-order valence-corrected chi connectivity index (χ3v) is 4.38. The van der Waals surface area contributed by atoms with Gasteiger partial charge >= 0.3 is 11.9 Å². The number of hydrogen-bond acceptors (Lipinski definition) is 5. The van der Waals surface area contributed by atoms with E-state index in [1.165, 1.54) is 36.4 Å². The predicted octanol–water partition coefficient (Wildman–Crippen LogP) is 5.97. The minimum absolute atomic E-state index is 0.163. The van der Waals surface area contributed by atoms with Gasteiger partial charge in [0.15, 0.2) is 0 Å². The SMILES string of the molecule is C=CC(=O)OC=COc1ccc(-c2ccc(-c3ccc(OC(=O)C=C)cc3)c(F)c2)c(F)c1. The number of halogens is 2. The average molecular weight is 448 g/mol. The summed E-state index contributed by atoms with van der Waals surface area (Å²) in [5.74, 6) is -1.95. The van der Waals surface area contributed by atoms with E-state index in [4.69, 9.17) is 9.47 Å². The summed E-state index contributed by atoms with van der Waals surface area (Å²) in [5, 5.41) is 0. The molecule has 0 saturated carbocycles. The summed E-state index contributed by atoms with van der Waals surface area (Å²) in [7, 11) is 0. The van der Waals surface area contributed by atoms with Crippen molar-refractivity contribution in [2.45, 2.75) is 0 Å². The van der Waals surface area contributed by atoms with E-state index in [1.807, 2.05) is 0 Å². The van der Waals surface area contributed by atoms with Gasteiger partial charge in [-0.05, 0) is 41.5 Å². The first-order chi connectivity index (χ1) is 15.9. The van der Waals surface area contributed by atoms with Crippen molar-refractivity contribution in [2.75, 3.05) is 0 Å². The molecule has 0 spiro atoms. The lowest BCUT2D eigenvalue weighted by atomic mass is 9.99. The van der Waals surface area contributed by atoms with Gasteiger partial charge in [0.2, 0.25) is 0 Å². The molecule has 166 valence electrons. The smallest absolute Gasteiger partial charge is 0.335 e. The fourth-order valence-electron chi connectivity index (χ4n) is 2.83. The third kappa shape index (κ3) is 6.01. The molecule has 0 heterocycles. The summed E-state index contributed by atoms with van der Waals surface area (Å²) in [6, 6.07) is 14.7. The Balaban J connectivity index is 1.75. The standard InChI is InChI=1S/C26H18F2O5/c1-3-25(29)32-14-13-31-20-10-12-22(24(28)16-20)18-7-11-21(23(27)15-18)17-5-8-19(9-6-17)33-26(30)4-2/h3-16H,1-2H2. The number of carbonyl (C=O) groups is 2. The van der Waals surface area contributed by atoms with E-state index in [9.17, 15) is 18.4 Å². The largest absolute Gasteiger partial charge is 0.462 e. The molecule has 0 aliphatic rings. The molecule has 0 unspecified atom stereocenters. The topological polar surface area (TPSA) is 61.8 Å². The van der Waals surface area contributed by atoms with E-state index in [-0.39, 0.29) is 11.3 Å². The molecule has 0 aromatic heterocycles. The molecule has 0 amide bonds. The maximum Gasteiger partial charge on any atom is 0.335 e. The summed E-state index contributed by atoms with van der Waals surface area (Å²) in [5.41, 5.74) is 1.39. The molecule has 3 rings (SSSR count). The highest BCUT2D eigenvalue weighted by Crippen LogP contribution is 2.31. The second-order valence-corrected chi connectivity index (χ2v) is 6.52. The molecule has 0 radical (unpaired) electrons. The van der Waals surface area contributed by atoms with Gasteiger partial charge in [-0.2, -0.15) is 0 Å². The molecule has 0 aliphatic carbocycles. The van der Waals surface area contributed by atoms with E-state index in [1.54, 1.807) is 18.2 Å². The zero-order valence-corrected chi connectivity index (χ0v) is 17.3. The number of carbonyl (C=O) groups excluding carboxylic acids is 2. The lowest BCUT2D eigenvalue weighted by Crippen LogP contribution is -2.02. The van der Waals surface area contributed by atoms with Crippen molar-refractivity contribution in [2.24, 2.45) is 0 Å². The van der Waals surface area contributed by atoms with E-state index >= 15 is 0 Å². The molecular formula is C26H18F2O5. The predicted molar refractivity (Wildman–Crippen MR) is 119 cm³/mol. The van der Waals surface area contributed by atoms with Gasteiger partial charge in [-0.3, -0.25) is 0 Å². The van der Waals surface area contributed by atoms with Crippen molar-refractivity contribution in [3.8, 4) is 33.8 Å². The van der Waals surface area contributed by atoms with Crippen LogP contribution in [0.15, 0.2) is 98.5 Å². The van der Waals surface area contributed by atoms with Crippen LogP contribution in [0.5, 0.6) is 11.5 Å². The summed E-state index contributed by atoms with van der Waals surface area (Å²) >= 11 is 0. The first-order valence-corrected chi connectivity index (χ1v) is 9.60. The summed E-state index contributed by atoms with van der Waals surface area (Å²) in [4.78, 5) is 22.2. The first kappa shape index (κ1) is 23.1. The zero-order chi connectivity index (χ0) is 23.8. The van der Waals surface area contributed by atoms with Crippen LogP contribution < -0.4 is 9.47 Å². The van der Waals surface area contributed by atoms with Gasteiger partial charge in [0.25, 0.3) is 0 Å². The van der Waals surface area contributed by atoms with Crippen LogP contribution in [0.2, 0.25) is 0 Å². The van der Waals surface area contributed by atoms with Gasteiger partial charge in [-0.1, -0.05) is 37.4 Å². The van der Waals surface area contributed by atoms with Crippen LogP contribution in [0, 0.1) is 11.6 Å². The van der Waals surface area contributed by atoms with Crippen LogP contribution >= 0.6 is 0 Å². The van der Waals surface area contributed by atoms with Gasteiger partial charge in [0.05, 0.1) is 0 Å². The van der Waals surface area contributed by atoms with Crippen LogP contribution in [-0.4, -0.2) is 11.9 Å². The molecule has 3 aromatic carbocycles. The Labute approximate surface area is 188 Å². The fourth-order valence-corrected chi connectivity index (χ4v) is 2.83. The minimum Gasteiger partial charge on any atom is -0.462 e. The van der Waals surface area contributed by atoms with Gasteiger partial charge in [-0.25, -0.2) is 18.4 Å². The fraction of sp³-hybridized carbons (Fsp3) is 0. The van der Waals surface area contributed by atoms with E-state index in [0.29, 0.717) is 22.4 Å². The molecule has 33 heavy (non-hydrogen) atoms. The third-order valence-electron chi connectivity index (χ3n) is 4.38. The van der Waals surface area contributed by atoms with Crippen LogP contribution in [-0.2, 0) is 14.3 Å². The highest BCUT2D eigenvalue weighted by atomic mass is 19.1. The summed E-state index contributed by atoms with van der Waals surface area (Å²) < 4.78 is 44.2. The Morgan fingerprint density at radius 3 is 1.91 bits per heavy atom. The quantitative estimate of drug-likeness (QED) is 0.184. The zero-order valence-electron chi connectivity index (χ0n) is 17.3. The van der Waals surface area contributed by atoms with Gasteiger partial charge < -0.3 is 14.2 Å². The van der Waals surface area contributed by atoms with Crippen molar-refractivity contribution in [1.29, 1.82) is 0 Å². The number of ether oxygens (including phenoxy) is 3. The molecule has 3 aromatic rings. The molecule has 0 bridgehead atoms. The number of benzene rings is 3. The van der Waals surface area contributed by atoms with Crippen LogP contribution in [0.3, 0.4) is 0 Å². The average Bonchev–Trinajstić information content (AvgIpc) is 2.82. The lowest BCUT2D eigenvalue weighted by molar-refractivity contribution is -0.132. The van der Waals surface area contributed by atoms with Gasteiger partial charge in [0, 0.05) is 29.3 Å². The highest BCUT2D eigenvalue weighted by Gasteiger charge is 2.12. The molecule has 0 aliphatic heterocycles. The Bertz CT molecular complexity index is 1230. The Morgan fingerprint density at radius 2 is 1.27 bits per heavy atom. The lowest BCUT2D eigenvalue weighted by Gasteiger charge is -2.09. The van der Waals surface area contributed by atoms with Crippen LogP contribution in [0.1, 0.15) is 0 Å². The molecule has 0 atom stereocenters. The van der Waals surface area contributed by atoms with Crippen LogP contribution in [0.4, 0.5) is 8.78 Å². The van der Waals surface area contributed by atoms with Crippen molar-refractivity contribution in [1.82, 2.24) is 0 Å². The second kappa shape index (κ2) is 10.7. The number of rotatable bonds is 8. The Kier molecular flexibility index (Phi) is 7.49. The highest BCUT2D eigenvalue weighted by molar-refractivity contribution is 5.83. The van der Waals surface area contributed by atoms with E-state index in [0.717, 1.165) is 30.7 Å². The first-order valence-electron chi connectivity index (χ1n) is 9.60. The molecule has 7 heteroatoms. The maximum atomic E-state index is 14.8. The summed E-state index contributed by atoms with van der Waals surface area (Å²) in [6.45, 7) is 6.57. The van der Waals surface area contributed by atoms with E-state index < -0.39 is 23.6 Å². The molecule has 0 N–H and O–H groups in total. The molecule has 0 saturated heterocycles. The second-order valence-electron chi connectivity index (χ2n) is 6.52. The van der Waals surface area contributed by atoms with Gasteiger partial charge in [0.1, 0.15) is 35.7 Å². The molecule has 5 nitrogen and oxygen atoms in total. The monoisotopic (exact) mass is 448 g/mol. The van der Waals surface area contributed by atoms with Crippen molar-refractivity contribution in [3.63, 3.8) is 0 Å². The van der Waals surface area contributed by atoms with Crippen molar-refractivity contribution in [3.05, 3.63) is 110 Å². The number of hydrogen-bond donors (Lipinski definition) is 0. The normalized spacial score (nSPS) is 10.5. The maximum absolute atomic E-state index is 14.8. The molecule has 0 fully saturated rings.